The summed E-state index contributed by atoms with van der Waals surface area (Å²) in [5.41, 5.74) is 1.30. The largest absolute Gasteiger partial charge is 0.384 e. The Balaban J connectivity index is 3.61. The van der Waals surface area contributed by atoms with Gasteiger partial charge in [-0.15, -0.1) is 0 Å². The number of methoxy groups -OCH3 is 2. The van der Waals surface area contributed by atoms with Crippen LogP contribution >= 0.6 is 0 Å². The van der Waals surface area contributed by atoms with Crippen molar-refractivity contribution in [1.29, 1.82) is 0 Å². The molecule has 0 aromatic rings. The minimum absolute atomic E-state index is 0.793. The Morgan fingerprint density at radius 2 is 1.71 bits per heavy atom. The quantitative estimate of drug-likeness (QED) is 0.492. The van der Waals surface area contributed by atoms with Crippen molar-refractivity contribution < 1.29 is 9.47 Å². The van der Waals surface area contributed by atoms with Gasteiger partial charge >= 0.3 is 0 Å². The normalized spacial score (nSPS) is 11.1. The van der Waals surface area contributed by atoms with Crippen LogP contribution in [0.5, 0.6) is 0 Å². The third-order valence-electron chi connectivity index (χ3n) is 2.82. The van der Waals surface area contributed by atoms with Gasteiger partial charge in [0.1, 0.15) is 0 Å². The second kappa shape index (κ2) is 12.1. The highest BCUT2D eigenvalue weighted by molar-refractivity contribution is 4.93. The molecule has 0 aliphatic rings. The van der Waals surface area contributed by atoms with Crippen molar-refractivity contribution in [2.24, 2.45) is 0 Å². The predicted molar refractivity (Wildman–Crippen MR) is 73.5 cm³/mol. The van der Waals surface area contributed by atoms with Crippen LogP contribution in [-0.4, -0.2) is 52.0 Å². The fraction of sp³-hybridized carbons (Fsp3) is 0.857. The topological polar surface area (TPSA) is 21.7 Å². The Kier molecular flexibility index (Phi) is 11.8. The molecule has 0 bridgehead atoms. The molecule has 0 aromatic heterocycles. The van der Waals surface area contributed by atoms with Gasteiger partial charge in [-0.25, -0.2) is 0 Å². The van der Waals surface area contributed by atoms with Crippen molar-refractivity contribution in [3.8, 4) is 0 Å². The van der Waals surface area contributed by atoms with Crippen LogP contribution in [0, 0.1) is 0 Å². The molecule has 3 heteroatoms. The van der Waals surface area contributed by atoms with Gasteiger partial charge in [0.25, 0.3) is 0 Å². The van der Waals surface area contributed by atoms with Gasteiger partial charge in [0.05, 0.1) is 6.61 Å². The molecule has 0 amide bonds. The second-order valence-electron chi connectivity index (χ2n) is 4.43. The molecular formula is C14H29NO2. The van der Waals surface area contributed by atoms with Gasteiger partial charge in [-0.05, 0) is 38.8 Å². The Morgan fingerprint density at radius 3 is 2.29 bits per heavy atom. The van der Waals surface area contributed by atoms with Crippen molar-refractivity contribution in [2.45, 2.75) is 32.6 Å². The number of ether oxygens (including phenoxy) is 2. The van der Waals surface area contributed by atoms with E-state index in [2.05, 4.69) is 18.4 Å². The number of hydrogen-bond acceptors (Lipinski definition) is 3. The Hall–Kier alpha value is -0.380. The average molecular weight is 243 g/mol. The van der Waals surface area contributed by atoms with Crippen molar-refractivity contribution in [1.82, 2.24) is 4.90 Å². The Labute approximate surface area is 107 Å². The highest BCUT2D eigenvalue weighted by Gasteiger charge is 2.03. The third kappa shape index (κ3) is 10.5. The molecule has 102 valence electrons. The molecule has 0 heterocycles. The molecule has 0 radical (unpaired) electrons. The lowest BCUT2D eigenvalue weighted by atomic mass is 10.1. The first-order valence-electron chi connectivity index (χ1n) is 6.61. The van der Waals surface area contributed by atoms with Crippen LogP contribution in [0.4, 0.5) is 0 Å². The van der Waals surface area contributed by atoms with Gasteiger partial charge in [-0.2, -0.15) is 0 Å². The van der Waals surface area contributed by atoms with E-state index in [-0.39, 0.29) is 0 Å². The molecule has 0 rings (SSSR count). The van der Waals surface area contributed by atoms with E-state index >= 15 is 0 Å². The molecule has 0 spiro atoms. The average Bonchev–Trinajstić information content (AvgIpc) is 2.33. The van der Waals surface area contributed by atoms with Crippen molar-refractivity contribution in [2.75, 3.05) is 47.1 Å². The van der Waals surface area contributed by atoms with Crippen molar-refractivity contribution >= 4 is 0 Å². The first-order chi connectivity index (χ1) is 8.24. The zero-order valence-corrected chi connectivity index (χ0v) is 11.8. The highest BCUT2D eigenvalue weighted by atomic mass is 16.5. The van der Waals surface area contributed by atoms with Crippen molar-refractivity contribution in [3.05, 3.63) is 12.2 Å². The third-order valence-corrected chi connectivity index (χ3v) is 2.82. The maximum Gasteiger partial charge on any atom is 0.0589 e. The zero-order valence-electron chi connectivity index (χ0n) is 11.8. The minimum Gasteiger partial charge on any atom is -0.384 e. The lowest BCUT2D eigenvalue weighted by Gasteiger charge is -2.21. The fourth-order valence-corrected chi connectivity index (χ4v) is 1.80. The van der Waals surface area contributed by atoms with Crippen LogP contribution in [0.3, 0.4) is 0 Å². The molecule has 0 N–H and O–H groups in total. The Morgan fingerprint density at radius 1 is 1.00 bits per heavy atom. The van der Waals surface area contributed by atoms with E-state index in [1.807, 2.05) is 0 Å². The van der Waals surface area contributed by atoms with Crippen LogP contribution in [0.2, 0.25) is 0 Å². The molecule has 0 fully saturated rings. The molecule has 3 nitrogen and oxygen atoms in total. The van der Waals surface area contributed by atoms with Crippen LogP contribution in [-0.2, 0) is 9.47 Å². The van der Waals surface area contributed by atoms with Crippen LogP contribution in [0.15, 0.2) is 12.2 Å². The SMILES string of the molecule is C=C(CCCN(CCC)CCOC)CCOC. The Bertz CT molecular complexity index is 183. The number of rotatable bonds is 12. The van der Waals surface area contributed by atoms with Gasteiger partial charge in [0.2, 0.25) is 0 Å². The minimum atomic E-state index is 0.793. The van der Waals surface area contributed by atoms with E-state index in [1.54, 1.807) is 14.2 Å². The molecule has 0 atom stereocenters. The lowest BCUT2D eigenvalue weighted by Crippen LogP contribution is -2.29. The van der Waals surface area contributed by atoms with Crippen LogP contribution in [0.25, 0.3) is 0 Å². The lowest BCUT2D eigenvalue weighted by molar-refractivity contribution is 0.146. The van der Waals surface area contributed by atoms with Crippen LogP contribution in [0.1, 0.15) is 32.6 Å². The van der Waals surface area contributed by atoms with E-state index in [4.69, 9.17) is 9.47 Å². The monoisotopic (exact) mass is 243 g/mol. The molecule has 0 unspecified atom stereocenters. The maximum atomic E-state index is 5.12. The van der Waals surface area contributed by atoms with E-state index in [9.17, 15) is 0 Å². The molecule has 0 saturated heterocycles. The number of nitrogens with zero attached hydrogens (tertiary/aromatic N) is 1. The highest BCUT2D eigenvalue weighted by Crippen LogP contribution is 2.08. The molecule has 17 heavy (non-hydrogen) atoms. The van der Waals surface area contributed by atoms with Gasteiger partial charge in [0, 0.05) is 27.4 Å². The zero-order chi connectivity index (χ0) is 12.9. The van der Waals surface area contributed by atoms with E-state index < -0.39 is 0 Å². The summed E-state index contributed by atoms with van der Waals surface area (Å²) in [5, 5.41) is 0. The first kappa shape index (κ1) is 16.6. The van der Waals surface area contributed by atoms with E-state index in [0.29, 0.717) is 0 Å². The predicted octanol–water partition coefficient (Wildman–Crippen LogP) is 2.72. The number of hydrogen-bond donors (Lipinski definition) is 0. The summed E-state index contributed by atoms with van der Waals surface area (Å²) in [7, 11) is 3.50. The standard InChI is InChI=1S/C14H29NO2/c1-5-9-15(11-13-17-4)10-6-7-14(2)8-12-16-3/h2,5-13H2,1,3-4H3. The molecule has 0 aliphatic heterocycles. The van der Waals surface area contributed by atoms with Crippen molar-refractivity contribution in [3.63, 3.8) is 0 Å². The van der Waals surface area contributed by atoms with E-state index in [1.165, 1.54) is 18.4 Å². The molecular weight excluding hydrogens is 214 g/mol. The van der Waals surface area contributed by atoms with Gasteiger partial charge in [0.15, 0.2) is 0 Å². The van der Waals surface area contributed by atoms with Gasteiger partial charge in [-0.3, -0.25) is 0 Å². The summed E-state index contributed by atoms with van der Waals surface area (Å²) in [4.78, 5) is 2.47. The summed E-state index contributed by atoms with van der Waals surface area (Å²) in [6.07, 6.45) is 4.49. The molecule has 0 aromatic carbocycles. The fourth-order valence-electron chi connectivity index (χ4n) is 1.80. The smallest absolute Gasteiger partial charge is 0.0589 e. The summed E-state index contributed by atoms with van der Waals surface area (Å²) in [6, 6.07) is 0. The summed E-state index contributed by atoms with van der Waals surface area (Å²) in [6.45, 7) is 11.2. The van der Waals surface area contributed by atoms with Crippen LogP contribution < -0.4 is 0 Å². The first-order valence-corrected chi connectivity index (χ1v) is 6.61. The summed E-state index contributed by atoms with van der Waals surface area (Å²) in [5.74, 6) is 0. The second-order valence-corrected chi connectivity index (χ2v) is 4.43. The van der Waals surface area contributed by atoms with E-state index in [0.717, 1.165) is 45.7 Å². The summed E-state index contributed by atoms with van der Waals surface area (Å²) >= 11 is 0. The van der Waals surface area contributed by atoms with Gasteiger partial charge < -0.3 is 14.4 Å². The molecule has 0 saturated carbocycles. The maximum absolute atomic E-state index is 5.12. The summed E-state index contributed by atoms with van der Waals surface area (Å²) < 4.78 is 10.2. The van der Waals surface area contributed by atoms with Gasteiger partial charge in [-0.1, -0.05) is 19.1 Å². The molecule has 0 aliphatic carbocycles.